The third-order valence-electron chi connectivity index (χ3n) is 4.42. The van der Waals surface area contributed by atoms with Crippen LogP contribution in [0.3, 0.4) is 0 Å². The Morgan fingerprint density at radius 3 is 2.90 bits per heavy atom. The van der Waals surface area contributed by atoms with Gasteiger partial charge in [-0.15, -0.1) is 0 Å². The highest BCUT2D eigenvalue weighted by atomic mass is 32.2. The summed E-state index contributed by atoms with van der Waals surface area (Å²) >= 11 is 0. The first-order valence-corrected chi connectivity index (χ1v) is 8.54. The van der Waals surface area contributed by atoms with Gasteiger partial charge in [0.25, 0.3) is 0 Å². The van der Waals surface area contributed by atoms with Crippen molar-refractivity contribution in [2.75, 3.05) is 6.61 Å². The molecule has 0 radical (unpaired) electrons. The number of ether oxygens (including phenoxy) is 1. The van der Waals surface area contributed by atoms with Crippen molar-refractivity contribution in [2.45, 2.75) is 42.8 Å². The van der Waals surface area contributed by atoms with Gasteiger partial charge in [-0.2, -0.15) is 0 Å². The van der Waals surface area contributed by atoms with Gasteiger partial charge in [-0.05, 0) is 37.5 Å². The molecule has 1 aromatic rings. The summed E-state index contributed by atoms with van der Waals surface area (Å²) in [7, 11) is -3.79. The Morgan fingerprint density at radius 2 is 2.19 bits per heavy atom. The molecule has 1 aliphatic heterocycles. The van der Waals surface area contributed by atoms with Gasteiger partial charge in [0.1, 0.15) is 5.82 Å². The Bertz CT molecular complexity index is 650. The van der Waals surface area contributed by atoms with Crippen molar-refractivity contribution in [2.24, 2.45) is 11.7 Å². The molecule has 4 atom stereocenters. The number of nitrogens with two attached hydrogens (primary N) is 1. The van der Waals surface area contributed by atoms with E-state index in [2.05, 4.69) is 4.72 Å². The maximum atomic E-state index is 13.5. The van der Waals surface area contributed by atoms with E-state index in [4.69, 9.17) is 10.5 Å². The second-order valence-corrected chi connectivity index (χ2v) is 7.49. The highest BCUT2D eigenvalue weighted by Gasteiger charge is 2.51. The Labute approximate surface area is 123 Å². The smallest absolute Gasteiger partial charge is 0.241 e. The lowest BCUT2D eigenvalue weighted by molar-refractivity contribution is -0.114. The molecule has 0 spiro atoms. The maximum absolute atomic E-state index is 13.5. The number of hydrogen-bond donors (Lipinski definition) is 2. The van der Waals surface area contributed by atoms with Gasteiger partial charge in [0.15, 0.2) is 0 Å². The summed E-state index contributed by atoms with van der Waals surface area (Å²) in [6.45, 7) is 2.22. The fourth-order valence-corrected chi connectivity index (χ4v) is 4.37. The van der Waals surface area contributed by atoms with Gasteiger partial charge in [-0.1, -0.05) is 6.07 Å². The number of halogens is 1. The summed E-state index contributed by atoms with van der Waals surface area (Å²) in [5.41, 5.74) is 6.44. The van der Waals surface area contributed by atoms with Gasteiger partial charge < -0.3 is 10.5 Å². The van der Waals surface area contributed by atoms with Crippen LogP contribution in [-0.4, -0.2) is 33.2 Å². The zero-order valence-electron chi connectivity index (χ0n) is 11.8. The van der Waals surface area contributed by atoms with Crippen LogP contribution >= 0.6 is 0 Å². The first kappa shape index (κ1) is 14.9. The summed E-state index contributed by atoms with van der Waals surface area (Å²) in [5, 5.41) is 0. The van der Waals surface area contributed by atoms with E-state index < -0.39 is 21.9 Å². The summed E-state index contributed by atoms with van der Waals surface area (Å²) in [6, 6.07) is 3.18. The van der Waals surface area contributed by atoms with Crippen molar-refractivity contribution >= 4 is 10.0 Å². The van der Waals surface area contributed by atoms with Crippen molar-refractivity contribution in [1.82, 2.24) is 4.72 Å². The second kappa shape index (κ2) is 5.31. The van der Waals surface area contributed by atoms with Crippen LogP contribution in [0.1, 0.15) is 18.4 Å². The summed E-state index contributed by atoms with van der Waals surface area (Å²) in [6.07, 6.45) is 1.75. The number of fused-ring (bicyclic) bond motifs is 1. The Morgan fingerprint density at radius 1 is 1.43 bits per heavy atom. The normalized spacial score (nSPS) is 32.3. The predicted molar refractivity (Wildman–Crippen MR) is 75.7 cm³/mol. The van der Waals surface area contributed by atoms with Crippen LogP contribution in [-0.2, 0) is 14.8 Å². The zero-order valence-corrected chi connectivity index (χ0v) is 12.6. The van der Waals surface area contributed by atoms with Crippen LogP contribution in [0.5, 0.6) is 0 Å². The molecule has 1 aliphatic carbocycles. The van der Waals surface area contributed by atoms with E-state index in [1.807, 2.05) is 0 Å². The molecule has 3 N–H and O–H groups in total. The average molecular weight is 314 g/mol. The van der Waals surface area contributed by atoms with Gasteiger partial charge in [0.05, 0.1) is 17.0 Å². The first-order chi connectivity index (χ1) is 9.90. The van der Waals surface area contributed by atoms with Crippen molar-refractivity contribution in [3.05, 3.63) is 29.6 Å². The second-order valence-electron chi connectivity index (χ2n) is 5.78. The van der Waals surface area contributed by atoms with Crippen molar-refractivity contribution in [3.63, 3.8) is 0 Å². The number of rotatable bonds is 3. The van der Waals surface area contributed by atoms with E-state index in [1.54, 1.807) is 6.92 Å². The Hall–Kier alpha value is -1.02. The lowest BCUT2D eigenvalue weighted by atomic mass is 9.69. The molecule has 5 nitrogen and oxygen atoms in total. The summed E-state index contributed by atoms with van der Waals surface area (Å²) in [5.74, 6) is -0.330. The first-order valence-electron chi connectivity index (χ1n) is 7.06. The predicted octanol–water partition coefficient (Wildman–Crippen LogP) is 0.917. The lowest BCUT2D eigenvalue weighted by Gasteiger charge is -2.52. The molecule has 1 saturated carbocycles. The van der Waals surface area contributed by atoms with E-state index in [9.17, 15) is 12.8 Å². The third-order valence-corrected chi connectivity index (χ3v) is 5.88. The van der Waals surface area contributed by atoms with E-state index in [-0.39, 0.29) is 23.0 Å². The van der Waals surface area contributed by atoms with Crippen molar-refractivity contribution in [1.29, 1.82) is 0 Å². The molecule has 21 heavy (non-hydrogen) atoms. The van der Waals surface area contributed by atoms with Crippen LogP contribution in [0.25, 0.3) is 0 Å². The maximum Gasteiger partial charge on any atom is 0.241 e. The van der Waals surface area contributed by atoms with Crippen LogP contribution < -0.4 is 10.5 Å². The molecule has 3 rings (SSSR count). The minimum absolute atomic E-state index is 0.0861. The molecule has 1 heterocycles. The molecular formula is C14H19FN2O3S. The van der Waals surface area contributed by atoms with E-state index in [1.165, 1.54) is 12.1 Å². The molecule has 1 saturated heterocycles. The number of benzene rings is 1. The number of nitrogens with one attached hydrogen (secondary N) is 1. The SMILES string of the molecule is Cc1ccc(S(=O)(=O)NC2C(N)C3CCCOC32)cc1F. The number of hydrogen-bond acceptors (Lipinski definition) is 4. The quantitative estimate of drug-likeness (QED) is 0.869. The van der Waals surface area contributed by atoms with Gasteiger partial charge in [-0.3, -0.25) is 0 Å². The monoisotopic (exact) mass is 314 g/mol. The highest BCUT2D eigenvalue weighted by molar-refractivity contribution is 7.89. The molecule has 116 valence electrons. The van der Waals surface area contributed by atoms with Gasteiger partial charge in [0, 0.05) is 18.6 Å². The minimum Gasteiger partial charge on any atom is -0.376 e. The van der Waals surface area contributed by atoms with Gasteiger partial charge >= 0.3 is 0 Å². The lowest BCUT2D eigenvalue weighted by Crippen LogP contribution is -2.71. The minimum atomic E-state index is -3.79. The largest absolute Gasteiger partial charge is 0.376 e. The van der Waals surface area contributed by atoms with Crippen LogP contribution in [0.15, 0.2) is 23.1 Å². The molecule has 4 unspecified atom stereocenters. The molecule has 1 aromatic carbocycles. The van der Waals surface area contributed by atoms with Crippen LogP contribution in [0.2, 0.25) is 0 Å². The standard InChI is InChI=1S/C14H19FN2O3S/c1-8-4-5-9(7-11(8)15)21(18,19)17-13-12(16)10-3-2-6-20-14(10)13/h4-5,7,10,12-14,17H,2-3,6,16H2,1H3. The molecule has 7 heteroatoms. The molecule has 2 aliphatic rings. The summed E-state index contributed by atoms with van der Waals surface area (Å²) in [4.78, 5) is -0.0861. The van der Waals surface area contributed by atoms with Gasteiger partial charge in [0.2, 0.25) is 10.0 Å². The van der Waals surface area contributed by atoms with Crippen molar-refractivity contribution < 1.29 is 17.5 Å². The fraction of sp³-hybridized carbons (Fsp3) is 0.571. The molecular weight excluding hydrogens is 295 g/mol. The Kier molecular flexibility index (Phi) is 3.77. The van der Waals surface area contributed by atoms with Crippen LogP contribution in [0, 0.1) is 18.7 Å². The molecule has 0 aromatic heterocycles. The van der Waals surface area contributed by atoms with E-state index >= 15 is 0 Å². The highest BCUT2D eigenvalue weighted by Crippen LogP contribution is 2.37. The van der Waals surface area contributed by atoms with E-state index in [0.717, 1.165) is 18.9 Å². The van der Waals surface area contributed by atoms with Crippen molar-refractivity contribution in [3.8, 4) is 0 Å². The Balaban J connectivity index is 1.78. The third kappa shape index (κ3) is 2.59. The number of aryl methyl sites for hydroxylation is 1. The fourth-order valence-electron chi connectivity index (χ4n) is 3.08. The zero-order chi connectivity index (χ0) is 15.2. The topological polar surface area (TPSA) is 81.4 Å². The van der Waals surface area contributed by atoms with Gasteiger partial charge in [-0.25, -0.2) is 17.5 Å². The molecule has 0 amide bonds. The average Bonchev–Trinajstić information content (AvgIpc) is 2.47. The molecule has 0 bridgehead atoms. The summed E-state index contributed by atoms with van der Waals surface area (Å²) < 4.78 is 46.4. The molecule has 2 fully saturated rings. The van der Waals surface area contributed by atoms with Crippen LogP contribution in [0.4, 0.5) is 4.39 Å². The number of sulfonamides is 1. The van der Waals surface area contributed by atoms with E-state index in [0.29, 0.717) is 12.2 Å².